The first-order chi connectivity index (χ1) is 31.9. The molecular weight excluding hydrogens is 1010 g/mol. The summed E-state index contributed by atoms with van der Waals surface area (Å²) in [6.07, 6.45) is 3.23. The van der Waals surface area contributed by atoms with Crippen molar-refractivity contribution in [2.45, 2.75) is 79.4 Å². The molecule has 0 spiro atoms. The van der Waals surface area contributed by atoms with Crippen molar-refractivity contribution >= 4 is 46.1 Å². The van der Waals surface area contributed by atoms with Gasteiger partial charge in [-0.2, -0.15) is 0 Å². The maximum absolute atomic E-state index is 5.24. The van der Waals surface area contributed by atoms with Gasteiger partial charge in [0, 0.05) is 43.2 Å². The maximum Gasteiger partial charge on any atom is 0.0798 e. The van der Waals surface area contributed by atoms with E-state index in [2.05, 4.69) is 240 Å². The SMILES string of the molecule is CC(C)Cc1cc(-c2[c-]ccc(-c3ccccc3)c2)ncc1[Si](C)(C)C.CC(C)c1cccc(C(C)C)c1-n1c(-c2[c-]cc3c(c2)c2ccccc2n3-c2ccccc2)nc2ccccc21.[Ir]. The van der Waals surface area contributed by atoms with Crippen molar-refractivity contribution in [3.8, 4) is 45.1 Å². The maximum atomic E-state index is 5.24. The van der Waals surface area contributed by atoms with Gasteiger partial charge in [-0.05, 0) is 93.0 Å². The normalized spacial score (nSPS) is 11.7. The number of aromatic nitrogens is 4. The van der Waals surface area contributed by atoms with Gasteiger partial charge >= 0.3 is 0 Å². The van der Waals surface area contributed by atoms with E-state index in [0.717, 1.165) is 51.3 Å². The summed E-state index contributed by atoms with van der Waals surface area (Å²) >= 11 is 0. The smallest absolute Gasteiger partial charge is 0.0798 e. The van der Waals surface area contributed by atoms with E-state index in [-0.39, 0.29) is 20.1 Å². The van der Waals surface area contributed by atoms with Crippen LogP contribution in [0, 0.1) is 18.1 Å². The number of rotatable bonds is 10. The largest absolute Gasteiger partial charge is 0.351 e. The first kappa shape index (κ1) is 47.3. The molecule has 6 heteroatoms. The van der Waals surface area contributed by atoms with Crippen LogP contribution < -0.4 is 5.19 Å². The average molecular weight is 1070 g/mol. The van der Waals surface area contributed by atoms with Gasteiger partial charge in [-0.25, -0.2) is 0 Å². The average Bonchev–Trinajstić information content (AvgIpc) is 3.87. The van der Waals surface area contributed by atoms with E-state index in [4.69, 9.17) is 9.97 Å². The molecular formula is C61H60IrN4Si-2. The number of imidazole rings is 1. The monoisotopic (exact) mass is 1070 g/mol. The van der Waals surface area contributed by atoms with E-state index in [1.54, 1.807) is 0 Å². The van der Waals surface area contributed by atoms with Crippen molar-refractivity contribution in [2.75, 3.05) is 0 Å². The second-order valence-electron chi connectivity index (χ2n) is 19.6. The van der Waals surface area contributed by atoms with Crippen molar-refractivity contribution in [3.05, 3.63) is 199 Å². The van der Waals surface area contributed by atoms with Gasteiger partial charge in [0.2, 0.25) is 0 Å². The minimum Gasteiger partial charge on any atom is -0.351 e. The van der Waals surface area contributed by atoms with Crippen LogP contribution in [0.2, 0.25) is 19.6 Å². The molecule has 67 heavy (non-hydrogen) atoms. The molecule has 3 heterocycles. The minimum atomic E-state index is -1.40. The van der Waals surface area contributed by atoms with E-state index >= 15 is 0 Å². The summed E-state index contributed by atoms with van der Waals surface area (Å²) in [7, 11) is -1.40. The quantitative estimate of drug-likeness (QED) is 0.101. The molecule has 339 valence electrons. The molecule has 0 aliphatic carbocycles. The summed E-state index contributed by atoms with van der Waals surface area (Å²) in [6.45, 7) is 20.9. The van der Waals surface area contributed by atoms with E-state index in [0.29, 0.717) is 17.8 Å². The van der Waals surface area contributed by atoms with E-state index in [1.165, 1.54) is 55.0 Å². The molecule has 3 aromatic heterocycles. The summed E-state index contributed by atoms with van der Waals surface area (Å²) in [5, 5.41) is 3.91. The molecule has 0 aliphatic heterocycles. The van der Waals surface area contributed by atoms with Crippen molar-refractivity contribution in [1.82, 2.24) is 19.1 Å². The third kappa shape index (κ3) is 9.67. The minimum absolute atomic E-state index is 0. The predicted molar refractivity (Wildman–Crippen MR) is 283 cm³/mol. The van der Waals surface area contributed by atoms with Crippen LogP contribution in [0.15, 0.2) is 170 Å². The molecule has 0 saturated carbocycles. The van der Waals surface area contributed by atoms with Gasteiger partial charge in [-0.1, -0.05) is 175 Å². The van der Waals surface area contributed by atoms with Crippen LogP contribution in [0.1, 0.15) is 70.1 Å². The molecule has 0 N–H and O–H groups in total. The fraction of sp³-hybridized carbons (Fsp3) is 0.213. The third-order valence-corrected chi connectivity index (χ3v) is 14.7. The van der Waals surface area contributed by atoms with Gasteiger partial charge < -0.3 is 14.1 Å². The molecule has 0 atom stereocenters. The molecule has 0 aliphatic rings. The van der Waals surface area contributed by atoms with Gasteiger partial charge in [0.1, 0.15) is 0 Å². The van der Waals surface area contributed by atoms with Gasteiger partial charge in [-0.3, -0.25) is 4.98 Å². The zero-order chi connectivity index (χ0) is 46.1. The van der Waals surface area contributed by atoms with E-state index in [1.807, 2.05) is 12.1 Å². The van der Waals surface area contributed by atoms with Crippen molar-refractivity contribution in [1.29, 1.82) is 0 Å². The van der Waals surface area contributed by atoms with Crippen molar-refractivity contribution in [3.63, 3.8) is 0 Å². The first-order valence-electron chi connectivity index (χ1n) is 23.6. The molecule has 7 aromatic carbocycles. The predicted octanol–water partition coefficient (Wildman–Crippen LogP) is 15.8. The van der Waals surface area contributed by atoms with Gasteiger partial charge in [-0.15, -0.1) is 59.2 Å². The van der Waals surface area contributed by atoms with Crippen LogP contribution in [0.25, 0.3) is 78.0 Å². The summed E-state index contributed by atoms with van der Waals surface area (Å²) in [5.74, 6) is 2.31. The Kier molecular flexibility index (Phi) is 14.1. The van der Waals surface area contributed by atoms with Crippen LogP contribution in [-0.2, 0) is 26.5 Å². The fourth-order valence-electron chi connectivity index (χ4n) is 9.45. The molecule has 4 nitrogen and oxygen atoms in total. The van der Waals surface area contributed by atoms with Gasteiger partial charge in [0.15, 0.2) is 0 Å². The number of fused-ring (bicyclic) bond motifs is 4. The standard InChI is InChI=1S/C37H32N3.C24H28NSi.Ir/c1-24(2)28-16-12-17-29(25(3)4)36(28)40-35-20-11-9-18-32(35)38-37(40)26-21-22-34-31(23-26)30-15-8-10-19-33(30)39(34)27-13-6-5-7-14-27;1-18(2)14-22-16-23(25-17-24(22)26(3,4)5)21-13-9-12-20(15-21)19-10-7-6-8-11-19;/h5-20,22-25H,1-4H3;6-12,15-18H,14H2,1-5H3;/q2*-1;. The number of nitrogens with zero attached hydrogens (tertiary/aromatic N) is 4. The number of para-hydroxylation sites is 5. The number of benzene rings is 7. The second kappa shape index (κ2) is 20.0. The number of hydrogen-bond donors (Lipinski definition) is 0. The summed E-state index contributed by atoms with van der Waals surface area (Å²) in [5.41, 5.74) is 16.5. The zero-order valence-corrected chi connectivity index (χ0v) is 43.6. The Bertz CT molecular complexity index is 3270. The Morgan fingerprint density at radius 1 is 0.567 bits per heavy atom. The van der Waals surface area contributed by atoms with Gasteiger partial charge in [0.05, 0.1) is 24.9 Å². The second-order valence-corrected chi connectivity index (χ2v) is 24.7. The Balaban J connectivity index is 0.000000196. The topological polar surface area (TPSA) is 35.6 Å². The summed E-state index contributed by atoms with van der Waals surface area (Å²) < 4.78 is 4.72. The Hall–Kier alpha value is -6.17. The van der Waals surface area contributed by atoms with Crippen molar-refractivity contribution in [2.24, 2.45) is 5.92 Å². The van der Waals surface area contributed by atoms with Crippen LogP contribution in [0.5, 0.6) is 0 Å². The van der Waals surface area contributed by atoms with Crippen LogP contribution in [0.4, 0.5) is 0 Å². The van der Waals surface area contributed by atoms with Gasteiger partial charge in [0.25, 0.3) is 0 Å². The Labute approximate surface area is 412 Å². The molecule has 10 rings (SSSR count). The Morgan fingerprint density at radius 3 is 1.88 bits per heavy atom. The molecule has 10 aromatic rings. The number of pyridine rings is 1. The zero-order valence-electron chi connectivity index (χ0n) is 40.2. The summed E-state index contributed by atoms with van der Waals surface area (Å²) in [4.78, 5) is 10.1. The molecule has 1 radical (unpaired) electrons. The molecule has 0 amide bonds. The molecule has 0 bridgehead atoms. The third-order valence-electron chi connectivity index (χ3n) is 12.6. The van der Waals surface area contributed by atoms with Crippen LogP contribution in [0.3, 0.4) is 0 Å². The van der Waals surface area contributed by atoms with Crippen molar-refractivity contribution < 1.29 is 20.1 Å². The first-order valence-corrected chi connectivity index (χ1v) is 27.1. The summed E-state index contributed by atoms with van der Waals surface area (Å²) in [6, 6.07) is 65.0. The van der Waals surface area contributed by atoms with Crippen LogP contribution >= 0.6 is 0 Å². The number of hydrogen-bond acceptors (Lipinski definition) is 2. The molecule has 0 unspecified atom stereocenters. The van der Waals surface area contributed by atoms with E-state index < -0.39 is 8.07 Å². The van der Waals surface area contributed by atoms with Crippen LogP contribution in [-0.4, -0.2) is 27.2 Å². The fourth-order valence-corrected chi connectivity index (χ4v) is 11.0. The molecule has 0 fully saturated rings. The molecule has 0 saturated heterocycles. The van der Waals surface area contributed by atoms with E-state index in [9.17, 15) is 0 Å². The Morgan fingerprint density at radius 2 is 1.21 bits per heavy atom.